The highest BCUT2D eigenvalue weighted by atomic mass is 16.5. The van der Waals surface area contributed by atoms with Crippen LogP contribution in [-0.2, 0) is 19.1 Å². The van der Waals surface area contributed by atoms with Gasteiger partial charge in [0.1, 0.15) is 6.54 Å². The van der Waals surface area contributed by atoms with Crippen molar-refractivity contribution in [2.75, 3.05) is 27.7 Å². The van der Waals surface area contributed by atoms with Crippen LogP contribution in [0, 0.1) is 0 Å². The summed E-state index contributed by atoms with van der Waals surface area (Å²) in [7, 11) is 5.75. The lowest BCUT2D eigenvalue weighted by molar-refractivity contribution is -0.873. The Kier molecular flexibility index (Phi) is 12.4. The van der Waals surface area contributed by atoms with E-state index in [2.05, 4.69) is 0 Å². The molecule has 0 aliphatic carbocycles. The number of hydrogen-bond donors (Lipinski definition) is 2. The van der Waals surface area contributed by atoms with E-state index in [-0.39, 0.29) is 12.8 Å². The molecule has 26 heavy (non-hydrogen) atoms. The molecule has 0 spiro atoms. The molecule has 0 saturated carbocycles. The molecule has 0 aliphatic heterocycles. The number of unbranched alkanes of at least 4 members (excludes halogenated alkanes) is 6. The van der Waals surface area contributed by atoms with Gasteiger partial charge < -0.3 is 19.4 Å². The molecule has 0 aromatic heterocycles. The third-order valence-corrected chi connectivity index (χ3v) is 3.70. The van der Waals surface area contributed by atoms with E-state index in [1.165, 1.54) is 6.08 Å². The predicted molar refractivity (Wildman–Crippen MR) is 98.7 cm³/mol. The highest BCUT2D eigenvalue weighted by Gasteiger charge is 2.23. The van der Waals surface area contributed by atoms with Crippen LogP contribution in [-0.4, -0.2) is 66.4 Å². The number of rotatable bonds is 15. The average Bonchev–Trinajstić information content (AvgIpc) is 2.46. The average molecular weight is 372 g/mol. The number of likely N-dealkylation sites (N-methyl/N-ethyl adjacent to an activating group) is 1. The van der Waals surface area contributed by atoms with Gasteiger partial charge in [-0.3, -0.25) is 9.59 Å². The normalized spacial score (nSPS) is 12.9. The molecule has 7 heteroatoms. The van der Waals surface area contributed by atoms with Crippen LogP contribution >= 0.6 is 0 Å². The number of carbonyl (C=O) groups excluding carboxylic acids is 1. The Morgan fingerprint density at radius 1 is 0.923 bits per heavy atom. The summed E-state index contributed by atoms with van der Waals surface area (Å²) >= 11 is 0. The van der Waals surface area contributed by atoms with E-state index in [1.807, 2.05) is 21.1 Å². The van der Waals surface area contributed by atoms with Crippen LogP contribution in [0.5, 0.6) is 0 Å². The van der Waals surface area contributed by atoms with Crippen molar-refractivity contribution in [1.29, 1.82) is 0 Å². The van der Waals surface area contributed by atoms with Gasteiger partial charge in [-0.1, -0.05) is 31.8 Å². The van der Waals surface area contributed by atoms with E-state index in [4.69, 9.17) is 14.9 Å². The Balaban J connectivity index is 3.92. The predicted octanol–water partition coefficient (Wildman–Crippen LogP) is 2.84. The Hall–Kier alpha value is -1.89. The van der Waals surface area contributed by atoms with Crippen molar-refractivity contribution in [2.45, 2.75) is 63.9 Å². The first kappa shape index (κ1) is 24.1. The molecule has 0 aromatic rings. The van der Waals surface area contributed by atoms with Gasteiger partial charge in [0.15, 0.2) is 6.10 Å². The van der Waals surface area contributed by atoms with Gasteiger partial charge >= 0.3 is 17.9 Å². The van der Waals surface area contributed by atoms with Crippen LogP contribution < -0.4 is 0 Å². The van der Waals surface area contributed by atoms with Crippen LogP contribution in [0.25, 0.3) is 0 Å². The molecule has 0 fully saturated rings. The van der Waals surface area contributed by atoms with E-state index >= 15 is 0 Å². The molecule has 0 aliphatic rings. The minimum atomic E-state index is -0.983. The Morgan fingerprint density at radius 3 is 2.04 bits per heavy atom. The number of nitrogens with zero attached hydrogens (tertiary/aromatic N) is 1. The number of carboxylic acids is 2. The zero-order valence-electron chi connectivity index (χ0n) is 16.3. The second kappa shape index (κ2) is 13.3. The summed E-state index contributed by atoms with van der Waals surface area (Å²) < 4.78 is 5.77. The molecule has 2 N–H and O–H groups in total. The molecule has 150 valence electrons. The number of esters is 1. The molecule has 0 heterocycles. The van der Waals surface area contributed by atoms with Gasteiger partial charge in [-0.25, -0.2) is 4.79 Å². The monoisotopic (exact) mass is 372 g/mol. The Morgan fingerprint density at radius 2 is 1.50 bits per heavy atom. The van der Waals surface area contributed by atoms with Crippen molar-refractivity contribution in [3.63, 3.8) is 0 Å². The fourth-order valence-electron chi connectivity index (χ4n) is 2.58. The second-order valence-corrected chi connectivity index (χ2v) is 7.59. The van der Waals surface area contributed by atoms with E-state index < -0.39 is 24.0 Å². The van der Waals surface area contributed by atoms with Crippen LogP contribution in [0.15, 0.2) is 12.2 Å². The van der Waals surface area contributed by atoms with Gasteiger partial charge in [-0.05, 0) is 19.3 Å². The summed E-state index contributed by atoms with van der Waals surface area (Å²) in [4.78, 5) is 33.1. The lowest BCUT2D eigenvalue weighted by Crippen LogP contribution is -2.43. The molecule has 0 radical (unpaired) electrons. The van der Waals surface area contributed by atoms with Gasteiger partial charge in [0.05, 0.1) is 27.6 Å². The van der Waals surface area contributed by atoms with E-state index in [9.17, 15) is 14.4 Å². The maximum Gasteiger partial charge on any atom is 0.330 e. The topological polar surface area (TPSA) is 101 Å². The standard InChI is InChI=1S/C19H33NO6/c1-20(2,3)15-16(14-18(23)24)26-19(25)13-11-9-7-5-4-6-8-10-12-17(21)22/h11,13,16H,4-10,12,14-15H2,1-3H3,(H-,21,22,23,24)/p+1/b13-11+. The number of carboxylic acid groups (broad SMARTS) is 2. The smallest absolute Gasteiger partial charge is 0.330 e. The van der Waals surface area contributed by atoms with Gasteiger partial charge in [0, 0.05) is 12.5 Å². The minimum absolute atomic E-state index is 0.197. The minimum Gasteiger partial charge on any atom is -0.481 e. The number of hydrogen-bond acceptors (Lipinski definition) is 4. The fraction of sp³-hybridized carbons (Fsp3) is 0.737. The third kappa shape index (κ3) is 17.0. The molecule has 7 nitrogen and oxygen atoms in total. The third-order valence-electron chi connectivity index (χ3n) is 3.70. The maximum absolute atomic E-state index is 11.8. The zero-order chi connectivity index (χ0) is 20.0. The summed E-state index contributed by atoms with van der Waals surface area (Å²) in [5.74, 6) is -2.23. The molecule has 0 rings (SSSR count). The van der Waals surface area contributed by atoms with Crippen molar-refractivity contribution < 1.29 is 33.8 Å². The van der Waals surface area contributed by atoms with E-state index in [0.29, 0.717) is 11.0 Å². The van der Waals surface area contributed by atoms with Gasteiger partial charge in [-0.2, -0.15) is 0 Å². The number of ether oxygens (including phenoxy) is 1. The molecular weight excluding hydrogens is 338 g/mol. The number of allylic oxidation sites excluding steroid dienone is 1. The Bertz CT molecular complexity index is 467. The molecule has 0 bridgehead atoms. The molecule has 0 amide bonds. The summed E-state index contributed by atoms with van der Waals surface area (Å²) in [6, 6.07) is 0. The van der Waals surface area contributed by atoms with Crippen molar-refractivity contribution in [3.05, 3.63) is 12.2 Å². The van der Waals surface area contributed by atoms with Crippen LogP contribution in [0.4, 0.5) is 0 Å². The first-order valence-electron chi connectivity index (χ1n) is 9.21. The summed E-state index contributed by atoms with van der Waals surface area (Å²) in [6.45, 7) is 0.438. The highest BCUT2D eigenvalue weighted by molar-refractivity contribution is 5.82. The second-order valence-electron chi connectivity index (χ2n) is 7.59. The number of aliphatic carboxylic acids is 2. The molecule has 1 atom stereocenters. The molecule has 1 unspecified atom stereocenters. The lowest BCUT2D eigenvalue weighted by atomic mass is 10.1. The SMILES string of the molecule is C[N+](C)(C)CC(CC(=O)O)OC(=O)/C=C/CCCCCCCCC(=O)O. The van der Waals surface area contributed by atoms with Crippen molar-refractivity contribution >= 4 is 17.9 Å². The first-order chi connectivity index (χ1) is 12.1. The lowest BCUT2D eigenvalue weighted by Gasteiger charge is -2.28. The highest BCUT2D eigenvalue weighted by Crippen LogP contribution is 2.09. The Labute approximate surface area is 156 Å². The van der Waals surface area contributed by atoms with Crippen LogP contribution in [0.1, 0.15) is 57.8 Å². The van der Waals surface area contributed by atoms with Crippen molar-refractivity contribution in [2.24, 2.45) is 0 Å². The fourth-order valence-corrected chi connectivity index (χ4v) is 2.58. The van der Waals surface area contributed by atoms with E-state index in [0.717, 1.165) is 44.9 Å². The van der Waals surface area contributed by atoms with E-state index in [1.54, 1.807) is 6.08 Å². The quantitative estimate of drug-likeness (QED) is 0.198. The number of carbonyl (C=O) groups is 3. The maximum atomic E-state index is 11.8. The van der Waals surface area contributed by atoms with Crippen LogP contribution in [0.2, 0.25) is 0 Å². The first-order valence-corrected chi connectivity index (χ1v) is 9.21. The van der Waals surface area contributed by atoms with Crippen LogP contribution in [0.3, 0.4) is 0 Å². The van der Waals surface area contributed by atoms with Gasteiger partial charge in [-0.15, -0.1) is 0 Å². The summed E-state index contributed by atoms with van der Waals surface area (Å²) in [5.41, 5.74) is 0. The zero-order valence-corrected chi connectivity index (χ0v) is 16.3. The number of quaternary nitrogens is 1. The van der Waals surface area contributed by atoms with Gasteiger partial charge in [0.25, 0.3) is 0 Å². The van der Waals surface area contributed by atoms with Gasteiger partial charge in [0.2, 0.25) is 0 Å². The van der Waals surface area contributed by atoms with Crippen molar-refractivity contribution in [3.8, 4) is 0 Å². The molecule has 0 aromatic carbocycles. The summed E-state index contributed by atoms with van der Waals surface area (Å²) in [5, 5.41) is 17.5. The largest absolute Gasteiger partial charge is 0.481 e. The van der Waals surface area contributed by atoms with Crippen molar-refractivity contribution in [1.82, 2.24) is 0 Å². The molecule has 0 saturated heterocycles. The summed E-state index contributed by atoms with van der Waals surface area (Å²) in [6.07, 6.45) is 9.04. The molecular formula is C19H34NO6+.